The summed E-state index contributed by atoms with van der Waals surface area (Å²) < 4.78 is 4.98. The van der Waals surface area contributed by atoms with Crippen LogP contribution >= 0.6 is 23.4 Å². The summed E-state index contributed by atoms with van der Waals surface area (Å²) >= 11 is 6.85. The van der Waals surface area contributed by atoms with E-state index in [-0.39, 0.29) is 28.9 Å². The first kappa shape index (κ1) is 19.0. The number of nitrogens with one attached hydrogen (secondary N) is 2. The zero-order valence-corrected chi connectivity index (χ0v) is 15.2. The second kappa shape index (κ2) is 8.68. The van der Waals surface area contributed by atoms with Crippen LogP contribution in [0.15, 0.2) is 34.1 Å². The number of aromatic amines is 1. The lowest BCUT2D eigenvalue weighted by molar-refractivity contribution is -0.113. The Labute approximate surface area is 153 Å². The summed E-state index contributed by atoms with van der Waals surface area (Å²) in [4.78, 5) is 41.9. The van der Waals surface area contributed by atoms with Crippen LogP contribution in [0.5, 0.6) is 0 Å². The Hall–Kier alpha value is -2.32. The fourth-order valence-corrected chi connectivity index (χ4v) is 3.06. The Morgan fingerprint density at radius 2 is 2.16 bits per heavy atom. The van der Waals surface area contributed by atoms with Crippen LogP contribution in [0.3, 0.4) is 0 Å². The van der Waals surface area contributed by atoms with Crippen LogP contribution < -0.4 is 11.0 Å². The number of amides is 1. The summed E-state index contributed by atoms with van der Waals surface area (Å²) in [5.41, 5.74) is 0.459. The van der Waals surface area contributed by atoms with Crippen LogP contribution in [0.2, 0.25) is 5.02 Å². The lowest BCUT2D eigenvalue weighted by atomic mass is 10.2. The fraction of sp³-hybridized carbons (Fsp3) is 0.250. The van der Waals surface area contributed by atoms with Crippen LogP contribution in [0.25, 0.3) is 0 Å². The van der Waals surface area contributed by atoms with Gasteiger partial charge in [0.15, 0.2) is 0 Å². The molecule has 1 heterocycles. The van der Waals surface area contributed by atoms with Crippen molar-refractivity contribution in [2.24, 2.45) is 0 Å². The number of ether oxygens (including phenoxy) is 1. The van der Waals surface area contributed by atoms with Crippen LogP contribution in [0.4, 0.5) is 5.69 Å². The largest absolute Gasteiger partial charge is 0.462 e. The summed E-state index contributed by atoms with van der Waals surface area (Å²) in [7, 11) is 0. The average Bonchev–Trinajstić information content (AvgIpc) is 2.52. The number of aryl methyl sites for hydroxylation is 1. The molecule has 0 fully saturated rings. The van der Waals surface area contributed by atoms with Gasteiger partial charge < -0.3 is 15.0 Å². The number of halogens is 1. The van der Waals surface area contributed by atoms with Gasteiger partial charge in [0.25, 0.3) is 0 Å². The van der Waals surface area contributed by atoms with Gasteiger partial charge in [0.2, 0.25) is 5.91 Å². The summed E-state index contributed by atoms with van der Waals surface area (Å²) in [6, 6.07) is 6.73. The van der Waals surface area contributed by atoms with Gasteiger partial charge in [-0.3, -0.25) is 4.79 Å². The summed E-state index contributed by atoms with van der Waals surface area (Å²) in [5, 5.41) is 3.34. The third kappa shape index (κ3) is 5.33. The number of aromatic nitrogens is 2. The molecule has 0 saturated carbocycles. The van der Waals surface area contributed by atoms with Gasteiger partial charge in [-0.05, 0) is 32.0 Å². The highest BCUT2D eigenvalue weighted by Gasteiger charge is 2.20. The van der Waals surface area contributed by atoms with E-state index < -0.39 is 11.7 Å². The first-order valence-corrected chi connectivity index (χ1v) is 8.73. The van der Waals surface area contributed by atoms with Crippen LogP contribution in [0.1, 0.15) is 23.0 Å². The summed E-state index contributed by atoms with van der Waals surface area (Å²) in [6.07, 6.45) is 0. The normalized spacial score (nSPS) is 10.4. The standard InChI is InChI=1S/C16H16ClN3O4S/c1-3-24-15(22)13-9(2)18-16(23)20-14(13)25-8-12(21)19-11-6-4-5-10(17)7-11/h4-7H,3,8H2,1-2H3,(H,19,21)(H,18,20,23). The van der Waals surface area contributed by atoms with E-state index in [2.05, 4.69) is 15.3 Å². The third-order valence-electron chi connectivity index (χ3n) is 3.01. The van der Waals surface area contributed by atoms with Crippen LogP contribution in [-0.2, 0) is 9.53 Å². The quantitative estimate of drug-likeness (QED) is 0.453. The molecule has 0 aliphatic carbocycles. The highest BCUT2D eigenvalue weighted by molar-refractivity contribution is 8.00. The first-order chi connectivity index (χ1) is 11.9. The van der Waals surface area contributed by atoms with E-state index in [1.807, 2.05) is 0 Å². The molecule has 0 atom stereocenters. The molecule has 0 aliphatic heterocycles. The molecular weight excluding hydrogens is 366 g/mol. The Balaban J connectivity index is 2.12. The Kier molecular flexibility index (Phi) is 6.60. The summed E-state index contributed by atoms with van der Waals surface area (Å²) in [6.45, 7) is 3.44. The van der Waals surface area contributed by atoms with Gasteiger partial charge >= 0.3 is 11.7 Å². The van der Waals surface area contributed by atoms with Gasteiger partial charge in [-0.25, -0.2) is 9.59 Å². The van der Waals surface area contributed by atoms with Crippen molar-refractivity contribution in [2.75, 3.05) is 17.7 Å². The van der Waals surface area contributed by atoms with Crippen molar-refractivity contribution in [3.8, 4) is 0 Å². The predicted octanol–water partition coefficient (Wildman–Crippen LogP) is 2.64. The van der Waals surface area contributed by atoms with Crippen molar-refractivity contribution in [3.05, 3.63) is 51.0 Å². The molecule has 0 aliphatic rings. The second-order valence-electron chi connectivity index (χ2n) is 4.91. The zero-order valence-electron chi connectivity index (χ0n) is 13.6. The molecule has 0 spiro atoms. The molecule has 2 aromatic rings. The topological polar surface area (TPSA) is 101 Å². The Morgan fingerprint density at radius 3 is 2.84 bits per heavy atom. The van der Waals surface area contributed by atoms with Crippen molar-refractivity contribution < 1.29 is 14.3 Å². The SMILES string of the molecule is CCOC(=O)c1c(SCC(=O)Nc2cccc(Cl)c2)nc(=O)[nH]c1C. The first-order valence-electron chi connectivity index (χ1n) is 7.37. The minimum atomic E-state index is -0.596. The van der Waals surface area contributed by atoms with E-state index in [0.717, 1.165) is 11.8 Å². The Morgan fingerprint density at radius 1 is 1.40 bits per heavy atom. The second-order valence-corrected chi connectivity index (χ2v) is 6.32. The molecule has 1 aromatic carbocycles. The van der Waals surface area contributed by atoms with Crippen molar-refractivity contribution in [2.45, 2.75) is 18.9 Å². The molecule has 9 heteroatoms. The van der Waals surface area contributed by atoms with Gasteiger partial charge in [0.05, 0.1) is 12.4 Å². The monoisotopic (exact) mass is 381 g/mol. The molecule has 1 aromatic heterocycles. The molecular formula is C16H16ClN3O4S. The van der Waals surface area contributed by atoms with Gasteiger partial charge in [-0.2, -0.15) is 4.98 Å². The highest BCUT2D eigenvalue weighted by Crippen LogP contribution is 2.22. The third-order valence-corrected chi connectivity index (χ3v) is 4.22. The van der Waals surface area contributed by atoms with Crippen LogP contribution in [-0.4, -0.2) is 34.2 Å². The number of esters is 1. The average molecular weight is 382 g/mol. The number of thioether (sulfide) groups is 1. The van der Waals surface area contributed by atoms with Gasteiger partial charge in [0.1, 0.15) is 10.6 Å². The zero-order chi connectivity index (χ0) is 18.4. The number of H-pyrrole nitrogens is 1. The van der Waals surface area contributed by atoms with E-state index >= 15 is 0 Å². The maximum absolute atomic E-state index is 12.1. The minimum Gasteiger partial charge on any atom is -0.462 e. The molecule has 7 nitrogen and oxygen atoms in total. The number of anilines is 1. The number of carbonyl (C=O) groups excluding carboxylic acids is 2. The smallest absolute Gasteiger partial charge is 0.346 e. The number of hydrogen-bond acceptors (Lipinski definition) is 6. The minimum absolute atomic E-state index is 0.0329. The van der Waals surface area contributed by atoms with Crippen molar-refractivity contribution in [1.82, 2.24) is 9.97 Å². The van der Waals surface area contributed by atoms with E-state index in [1.165, 1.54) is 0 Å². The molecule has 0 unspecified atom stereocenters. The lowest BCUT2D eigenvalue weighted by Gasteiger charge is -2.10. The van der Waals surface area contributed by atoms with Crippen molar-refractivity contribution >= 4 is 40.9 Å². The molecule has 2 N–H and O–H groups in total. The maximum atomic E-state index is 12.1. The number of nitrogens with zero attached hydrogens (tertiary/aromatic N) is 1. The summed E-state index contributed by atoms with van der Waals surface area (Å²) in [5.74, 6) is -0.947. The van der Waals surface area contributed by atoms with Gasteiger partial charge in [-0.15, -0.1) is 0 Å². The van der Waals surface area contributed by atoms with E-state index in [4.69, 9.17) is 16.3 Å². The van der Waals surface area contributed by atoms with Gasteiger partial charge in [0, 0.05) is 16.4 Å². The van der Waals surface area contributed by atoms with Crippen LogP contribution in [0, 0.1) is 6.92 Å². The maximum Gasteiger partial charge on any atom is 0.346 e. The molecule has 25 heavy (non-hydrogen) atoms. The molecule has 2 rings (SSSR count). The molecule has 132 valence electrons. The van der Waals surface area contributed by atoms with Gasteiger partial charge in [-0.1, -0.05) is 29.4 Å². The number of hydrogen-bond donors (Lipinski definition) is 2. The lowest BCUT2D eigenvalue weighted by Crippen LogP contribution is -2.21. The molecule has 0 saturated heterocycles. The molecule has 0 radical (unpaired) electrons. The number of carbonyl (C=O) groups is 2. The predicted molar refractivity (Wildman–Crippen MR) is 96.4 cm³/mol. The molecule has 1 amide bonds. The Bertz CT molecular complexity index is 854. The number of rotatable bonds is 6. The molecule has 0 bridgehead atoms. The van der Waals surface area contributed by atoms with E-state index in [9.17, 15) is 14.4 Å². The number of benzene rings is 1. The van der Waals surface area contributed by atoms with E-state index in [1.54, 1.807) is 38.1 Å². The highest BCUT2D eigenvalue weighted by atomic mass is 35.5. The van der Waals surface area contributed by atoms with E-state index in [0.29, 0.717) is 16.4 Å². The fourth-order valence-electron chi connectivity index (χ4n) is 2.00. The van der Waals surface area contributed by atoms with Crippen molar-refractivity contribution in [1.29, 1.82) is 0 Å². The van der Waals surface area contributed by atoms with Crippen molar-refractivity contribution in [3.63, 3.8) is 0 Å².